The molecule has 2 heteroatoms. The first kappa shape index (κ1) is 8.47. The van der Waals surface area contributed by atoms with Gasteiger partial charge in [0.2, 0.25) is 0 Å². The summed E-state index contributed by atoms with van der Waals surface area (Å²) >= 11 is 0. The molecule has 0 unspecified atom stereocenters. The van der Waals surface area contributed by atoms with Gasteiger partial charge in [0.05, 0.1) is 0 Å². The van der Waals surface area contributed by atoms with E-state index in [-0.39, 0.29) is 0 Å². The summed E-state index contributed by atoms with van der Waals surface area (Å²) in [6.45, 7) is 0. The van der Waals surface area contributed by atoms with Crippen LogP contribution < -0.4 is 0 Å². The van der Waals surface area contributed by atoms with Crippen LogP contribution in [0.25, 0.3) is 0 Å². The van der Waals surface area contributed by atoms with Crippen LogP contribution in [0.5, 0.6) is 5.75 Å². The first-order valence-corrected chi connectivity index (χ1v) is 6.33. The third kappa shape index (κ3) is 2.15. The Labute approximate surface area is 69.4 Å². The summed E-state index contributed by atoms with van der Waals surface area (Å²) in [6.07, 6.45) is 6.71. The number of rotatable bonds is 1. The summed E-state index contributed by atoms with van der Waals surface area (Å²) in [5.41, 5.74) is 0. The molecule has 1 nitrogen and oxygen atoms in total. The molecule has 1 N–H and O–H groups in total. The molecule has 0 heterocycles. The van der Waals surface area contributed by atoms with Gasteiger partial charge < -0.3 is 5.11 Å². The van der Waals surface area contributed by atoms with E-state index in [1.807, 2.05) is 12.1 Å². The maximum absolute atomic E-state index is 9.03. The summed E-state index contributed by atoms with van der Waals surface area (Å²) in [4.78, 5) is 1.33. The molecule has 0 aliphatic heterocycles. The molecule has 0 fully saturated rings. The van der Waals surface area contributed by atoms with Crippen LogP contribution in [-0.2, 0) is 0 Å². The molecule has 1 aromatic carbocycles. The van der Waals surface area contributed by atoms with E-state index < -0.39 is 10.0 Å². The lowest BCUT2D eigenvalue weighted by atomic mass is 10.3. The fraction of sp³-hybridized carbons (Fsp3) is 0.333. The fourth-order valence-corrected chi connectivity index (χ4v) is 1.81. The van der Waals surface area contributed by atoms with Crippen LogP contribution in [0.3, 0.4) is 0 Å². The highest BCUT2D eigenvalue weighted by Gasteiger charge is 2.06. The third-order valence-electron chi connectivity index (χ3n) is 1.54. The highest BCUT2D eigenvalue weighted by molar-refractivity contribution is 8.32. The van der Waals surface area contributed by atoms with Gasteiger partial charge in [-0.25, -0.2) is 10.0 Å². The molecule has 0 aliphatic carbocycles. The van der Waals surface area contributed by atoms with Crippen LogP contribution in [0.2, 0.25) is 0 Å². The van der Waals surface area contributed by atoms with E-state index in [0.717, 1.165) is 0 Å². The molecule has 0 bridgehead atoms. The van der Waals surface area contributed by atoms with E-state index >= 15 is 0 Å². The standard InChI is InChI=1S/C9H14OS/c1-11(2,3)9-6-4-8(10)5-7-9/h4-7,10H,1-3H3. The minimum absolute atomic E-state index is 0.345. The SMILES string of the molecule is CS(C)(C)c1ccc(O)cc1. The molecule has 0 spiro atoms. The lowest BCUT2D eigenvalue weighted by molar-refractivity contribution is 0.475. The topological polar surface area (TPSA) is 20.2 Å². The van der Waals surface area contributed by atoms with Crippen molar-refractivity contribution in [3.8, 4) is 5.75 Å². The smallest absolute Gasteiger partial charge is 0.115 e. The predicted molar refractivity (Wildman–Crippen MR) is 51.7 cm³/mol. The highest BCUT2D eigenvalue weighted by Crippen LogP contribution is 2.45. The van der Waals surface area contributed by atoms with E-state index in [2.05, 4.69) is 18.8 Å². The van der Waals surface area contributed by atoms with Crippen molar-refractivity contribution in [2.45, 2.75) is 4.90 Å². The number of phenols is 1. The molecule has 1 aromatic rings. The van der Waals surface area contributed by atoms with E-state index in [1.54, 1.807) is 12.1 Å². The van der Waals surface area contributed by atoms with Crippen LogP contribution >= 0.6 is 10.0 Å². The van der Waals surface area contributed by atoms with Crippen molar-refractivity contribution in [2.24, 2.45) is 0 Å². The second-order valence-corrected chi connectivity index (χ2v) is 7.48. The molecule has 11 heavy (non-hydrogen) atoms. The van der Waals surface area contributed by atoms with E-state index in [9.17, 15) is 0 Å². The molecule has 62 valence electrons. The maximum Gasteiger partial charge on any atom is 0.115 e. The van der Waals surface area contributed by atoms with Crippen molar-refractivity contribution < 1.29 is 5.11 Å². The van der Waals surface area contributed by atoms with Gasteiger partial charge in [-0.2, -0.15) is 0 Å². The lowest BCUT2D eigenvalue weighted by Crippen LogP contribution is -1.91. The number of hydrogen-bond donors (Lipinski definition) is 1. The molecule has 0 radical (unpaired) electrons. The molecule has 0 saturated carbocycles. The molecule has 0 aliphatic rings. The maximum atomic E-state index is 9.03. The Balaban J connectivity index is 2.99. The van der Waals surface area contributed by atoms with Crippen LogP contribution in [0, 0.1) is 0 Å². The Morgan fingerprint density at radius 2 is 1.45 bits per heavy atom. The summed E-state index contributed by atoms with van der Waals surface area (Å²) in [7, 11) is -0.631. The third-order valence-corrected chi connectivity index (χ3v) is 3.23. The Kier molecular flexibility index (Phi) is 2.14. The Morgan fingerprint density at radius 1 is 1.00 bits per heavy atom. The van der Waals surface area contributed by atoms with E-state index in [4.69, 9.17) is 5.11 Å². The fourth-order valence-electron chi connectivity index (χ4n) is 0.854. The lowest BCUT2D eigenvalue weighted by Gasteiger charge is -2.25. The minimum Gasteiger partial charge on any atom is -0.508 e. The molecule has 0 atom stereocenters. The van der Waals surface area contributed by atoms with Gasteiger partial charge in [-0.3, -0.25) is 0 Å². The molecule has 0 amide bonds. The first-order chi connectivity index (χ1) is 5.00. The first-order valence-electron chi connectivity index (χ1n) is 3.47. The molecular formula is C9H14OS. The van der Waals surface area contributed by atoms with E-state index in [1.165, 1.54) is 4.90 Å². The number of phenolic OH excluding ortho intramolecular Hbond substituents is 1. The van der Waals surface area contributed by atoms with Gasteiger partial charge in [-0.15, -0.1) is 0 Å². The number of benzene rings is 1. The van der Waals surface area contributed by atoms with Crippen molar-refractivity contribution in [2.75, 3.05) is 18.8 Å². The molecule has 0 aromatic heterocycles. The van der Waals surface area contributed by atoms with E-state index in [0.29, 0.717) is 5.75 Å². The van der Waals surface area contributed by atoms with Crippen molar-refractivity contribution >= 4 is 10.0 Å². The summed E-state index contributed by atoms with van der Waals surface area (Å²) < 4.78 is 0. The monoisotopic (exact) mass is 170 g/mol. The van der Waals surface area contributed by atoms with Crippen molar-refractivity contribution in [3.05, 3.63) is 24.3 Å². The largest absolute Gasteiger partial charge is 0.508 e. The summed E-state index contributed by atoms with van der Waals surface area (Å²) in [6, 6.07) is 7.47. The minimum atomic E-state index is -0.631. The predicted octanol–water partition coefficient (Wildman–Crippen LogP) is 2.45. The Morgan fingerprint density at radius 3 is 1.82 bits per heavy atom. The number of hydrogen-bond acceptors (Lipinski definition) is 1. The summed E-state index contributed by atoms with van der Waals surface area (Å²) in [5.74, 6) is 0.345. The quantitative estimate of drug-likeness (QED) is 0.686. The number of aromatic hydroxyl groups is 1. The average molecular weight is 170 g/mol. The van der Waals surface area contributed by atoms with Gasteiger partial charge in [0.1, 0.15) is 5.75 Å². The second kappa shape index (κ2) is 2.78. The second-order valence-electron chi connectivity index (χ2n) is 3.33. The van der Waals surface area contributed by atoms with Gasteiger partial charge in [0.15, 0.2) is 0 Å². The highest BCUT2D eigenvalue weighted by atomic mass is 32.3. The Hall–Kier alpha value is -0.630. The molecular weight excluding hydrogens is 156 g/mol. The van der Waals surface area contributed by atoms with Gasteiger partial charge in [-0.05, 0) is 47.9 Å². The van der Waals surface area contributed by atoms with Crippen LogP contribution in [0.4, 0.5) is 0 Å². The zero-order valence-corrected chi connectivity index (χ0v) is 7.98. The van der Waals surface area contributed by atoms with Crippen molar-refractivity contribution in [1.29, 1.82) is 0 Å². The van der Waals surface area contributed by atoms with Crippen molar-refractivity contribution in [1.82, 2.24) is 0 Å². The van der Waals surface area contributed by atoms with Gasteiger partial charge in [0.25, 0.3) is 0 Å². The molecule has 1 rings (SSSR count). The Bertz CT molecular complexity index is 233. The van der Waals surface area contributed by atoms with Crippen LogP contribution in [0.15, 0.2) is 29.2 Å². The molecule has 0 saturated heterocycles. The van der Waals surface area contributed by atoms with Crippen LogP contribution in [0.1, 0.15) is 0 Å². The van der Waals surface area contributed by atoms with Gasteiger partial charge >= 0.3 is 0 Å². The average Bonchev–Trinajstić information content (AvgIpc) is 1.86. The van der Waals surface area contributed by atoms with Gasteiger partial charge in [0, 0.05) is 0 Å². The van der Waals surface area contributed by atoms with Gasteiger partial charge in [-0.1, -0.05) is 0 Å². The van der Waals surface area contributed by atoms with Crippen molar-refractivity contribution in [3.63, 3.8) is 0 Å². The summed E-state index contributed by atoms with van der Waals surface area (Å²) in [5, 5.41) is 9.03. The van der Waals surface area contributed by atoms with Crippen LogP contribution in [-0.4, -0.2) is 23.9 Å². The zero-order chi connectivity index (χ0) is 8.48. The zero-order valence-electron chi connectivity index (χ0n) is 7.16. The normalized spacial score (nSPS) is 13.0.